The molecule has 0 aliphatic carbocycles. The highest BCUT2D eigenvalue weighted by Crippen LogP contribution is 2.34. The number of carbonyl (C=O) groups excluding carboxylic acids is 2. The topological polar surface area (TPSA) is 105 Å². The number of para-hydroxylation sites is 1. The Morgan fingerprint density at radius 2 is 2.03 bits per heavy atom. The SMILES string of the molecule is CCCCNC(=O)[C@H](C)C[C@H](O)[C@@H](N)CC(C)(C)CC(=O)N1CC(COC)Cc2ccccc21. The zero-order valence-electron chi connectivity index (χ0n) is 21.7. The van der Waals surface area contributed by atoms with Gasteiger partial charge >= 0.3 is 0 Å². The number of unbranched alkanes of at least 4 members (excludes halogenated alkanes) is 1. The maximum absolute atomic E-state index is 13.4. The number of amides is 2. The number of aliphatic hydroxyl groups excluding tert-OH is 1. The number of nitrogens with zero attached hydrogens (tertiary/aromatic N) is 1. The molecule has 34 heavy (non-hydrogen) atoms. The number of nitrogens with one attached hydrogen (secondary N) is 1. The zero-order valence-corrected chi connectivity index (χ0v) is 21.7. The Morgan fingerprint density at radius 3 is 2.71 bits per heavy atom. The van der Waals surface area contributed by atoms with E-state index in [9.17, 15) is 14.7 Å². The van der Waals surface area contributed by atoms with Crippen LogP contribution in [0.5, 0.6) is 0 Å². The second kappa shape index (κ2) is 13.2. The van der Waals surface area contributed by atoms with Gasteiger partial charge in [0.05, 0.1) is 12.7 Å². The molecule has 2 amide bonds. The summed E-state index contributed by atoms with van der Waals surface area (Å²) in [4.78, 5) is 27.5. The molecule has 0 fully saturated rings. The summed E-state index contributed by atoms with van der Waals surface area (Å²) in [6, 6.07) is 7.54. The Bertz CT molecular complexity index is 798. The number of hydrogen-bond acceptors (Lipinski definition) is 5. The fraction of sp³-hybridized carbons (Fsp3) is 0.704. The van der Waals surface area contributed by atoms with E-state index in [4.69, 9.17) is 10.5 Å². The highest BCUT2D eigenvalue weighted by atomic mass is 16.5. The molecule has 1 aliphatic heterocycles. The Kier molecular flexibility index (Phi) is 11.0. The fourth-order valence-electron chi connectivity index (χ4n) is 4.82. The van der Waals surface area contributed by atoms with E-state index in [1.54, 1.807) is 7.11 Å². The molecular formula is C27H45N3O4. The van der Waals surface area contributed by atoms with Crippen molar-refractivity contribution >= 4 is 17.5 Å². The van der Waals surface area contributed by atoms with E-state index in [0.29, 0.717) is 39.0 Å². The molecule has 1 unspecified atom stereocenters. The number of carbonyl (C=O) groups is 2. The number of fused-ring (bicyclic) bond motifs is 1. The molecule has 4 atom stereocenters. The molecule has 192 valence electrons. The third kappa shape index (κ3) is 8.36. The Hall–Kier alpha value is -1.96. The molecule has 0 spiro atoms. The van der Waals surface area contributed by atoms with Crippen molar-refractivity contribution in [2.75, 3.05) is 31.7 Å². The van der Waals surface area contributed by atoms with E-state index in [0.717, 1.165) is 24.9 Å². The number of anilines is 1. The van der Waals surface area contributed by atoms with Gasteiger partial charge < -0.3 is 25.8 Å². The second-order valence-corrected chi connectivity index (χ2v) is 10.7. The molecule has 7 nitrogen and oxygen atoms in total. The maximum Gasteiger partial charge on any atom is 0.227 e. The second-order valence-electron chi connectivity index (χ2n) is 10.7. The van der Waals surface area contributed by atoms with E-state index in [2.05, 4.69) is 18.3 Å². The van der Waals surface area contributed by atoms with Crippen molar-refractivity contribution < 1.29 is 19.4 Å². The quantitative estimate of drug-likeness (QED) is 0.380. The first-order valence-electron chi connectivity index (χ1n) is 12.7. The van der Waals surface area contributed by atoms with Crippen LogP contribution in [-0.2, 0) is 20.7 Å². The van der Waals surface area contributed by atoms with Crippen molar-refractivity contribution in [3.8, 4) is 0 Å². The van der Waals surface area contributed by atoms with Crippen LogP contribution in [-0.4, -0.2) is 55.9 Å². The smallest absolute Gasteiger partial charge is 0.227 e. The Morgan fingerprint density at radius 1 is 1.32 bits per heavy atom. The number of nitrogens with two attached hydrogens (primary N) is 1. The predicted octanol–water partition coefficient (Wildman–Crippen LogP) is 3.28. The highest BCUT2D eigenvalue weighted by molar-refractivity contribution is 5.95. The van der Waals surface area contributed by atoms with E-state index >= 15 is 0 Å². The average molecular weight is 476 g/mol. The molecule has 0 saturated carbocycles. The van der Waals surface area contributed by atoms with Crippen molar-refractivity contribution in [3.05, 3.63) is 29.8 Å². The lowest BCUT2D eigenvalue weighted by atomic mass is 9.79. The van der Waals surface area contributed by atoms with Gasteiger partial charge in [0.15, 0.2) is 0 Å². The summed E-state index contributed by atoms with van der Waals surface area (Å²) < 4.78 is 5.37. The number of methoxy groups -OCH3 is 1. The fourth-order valence-corrected chi connectivity index (χ4v) is 4.82. The van der Waals surface area contributed by atoms with E-state index < -0.39 is 17.6 Å². The lowest BCUT2D eigenvalue weighted by Gasteiger charge is -2.37. The zero-order chi connectivity index (χ0) is 25.3. The first-order valence-corrected chi connectivity index (χ1v) is 12.7. The summed E-state index contributed by atoms with van der Waals surface area (Å²) >= 11 is 0. The summed E-state index contributed by atoms with van der Waals surface area (Å²) in [5.41, 5.74) is 8.09. The van der Waals surface area contributed by atoms with Crippen LogP contribution < -0.4 is 16.0 Å². The van der Waals surface area contributed by atoms with Gasteiger partial charge in [0.25, 0.3) is 0 Å². The molecule has 7 heteroatoms. The summed E-state index contributed by atoms with van der Waals surface area (Å²) in [6.45, 7) is 9.83. The van der Waals surface area contributed by atoms with Crippen molar-refractivity contribution in [3.63, 3.8) is 0 Å². The standard InChI is InChI=1S/C27H45N3O4/c1-6-7-12-29-26(33)19(2)13-24(31)22(28)15-27(3,4)16-25(32)30-17-20(18-34-5)14-21-10-8-9-11-23(21)30/h8-11,19-20,22,24,31H,6-7,12-18,28H2,1-5H3,(H,29,33)/t19-,20?,22+,24+/m1/s1. The molecule has 4 N–H and O–H groups in total. The average Bonchev–Trinajstić information content (AvgIpc) is 2.78. The number of hydrogen-bond donors (Lipinski definition) is 3. The summed E-state index contributed by atoms with van der Waals surface area (Å²) in [6.07, 6.45) is 3.18. The third-order valence-electron chi connectivity index (χ3n) is 6.72. The third-order valence-corrected chi connectivity index (χ3v) is 6.72. The van der Waals surface area contributed by atoms with Crippen molar-refractivity contribution in [1.29, 1.82) is 0 Å². The number of ether oxygens (including phenoxy) is 1. The van der Waals surface area contributed by atoms with E-state index in [1.165, 1.54) is 5.56 Å². The van der Waals surface area contributed by atoms with Crippen LogP contribution in [0.15, 0.2) is 24.3 Å². The molecule has 1 aromatic rings. The number of rotatable bonds is 13. The molecule has 1 heterocycles. The van der Waals surface area contributed by atoms with Crippen molar-refractivity contribution in [2.24, 2.45) is 23.0 Å². The number of benzene rings is 1. The number of aliphatic hydroxyl groups is 1. The van der Waals surface area contributed by atoms with E-state index in [1.807, 2.05) is 43.9 Å². The largest absolute Gasteiger partial charge is 0.391 e. The first-order chi connectivity index (χ1) is 16.1. The van der Waals surface area contributed by atoms with E-state index in [-0.39, 0.29) is 23.7 Å². The van der Waals surface area contributed by atoms with Crippen LogP contribution in [0.4, 0.5) is 5.69 Å². The normalized spacial score (nSPS) is 18.7. The summed E-state index contributed by atoms with van der Waals surface area (Å²) in [7, 11) is 1.69. The van der Waals surface area contributed by atoms with Gasteiger partial charge in [-0.1, -0.05) is 52.3 Å². The van der Waals surface area contributed by atoms with Gasteiger partial charge in [-0.3, -0.25) is 9.59 Å². The molecule has 0 radical (unpaired) electrons. The summed E-state index contributed by atoms with van der Waals surface area (Å²) in [5.74, 6) is -0.0432. The first kappa shape index (κ1) is 28.3. The van der Waals surface area contributed by atoms with Crippen LogP contribution in [0.25, 0.3) is 0 Å². The van der Waals surface area contributed by atoms with Gasteiger partial charge in [-0.05, 0) is 42.7 Å². The lowest BCUT2D eigenvalue weighted by Crippen LogP contribution is -2.45. The molecule has 0 saturated heterocycles. The van der Waals surface area contributed by atoms with Gasteiger partial charge in [-0.15, -0.1) is 0 Å². The Labute approximate surface area is 205 Å². The van der Waals surface area contributed by atoms with Crippen molar-refractivity contribution in [1.82, 2.24) is 5.32 Å². The molecule has 0 aromatic heterocycles. The minimum atomic E-state index is -0.803. The highest BCUT2D eigenvalue weighted by Gasteiger charge is 2.34. The molecule has 2 rings (SSSR count). The monoisotopic (exact) mass is 475 g/mol. The van der Waals surface area contributed by atoms with Crippen LogP contribution in [0.1, 0.15) is 65.4 Å². The molecule has 1 aliphatic rings. The van der Waals surface area contributed by atoms with Crippen LogP contribution in [0.2, 0.25) is 0 Å². The Balaban J connectivity index is 1.95. The predicted molar refractivity (Wildman–Crippen MR) is 137 cm³/mol. The van der Waals surface area contributed by atoms with Crippen LogP contribution in [0.3, 0.4) is 0 Å². The lowest BCUT2D eigenvalue weighted by molar-refractivity contribution is -0.125. The molecule has 1 aromatic carbocycles. The molecule has 0 bridgehead atoms. The van der Waals surface area contributed by atoms with Gasteiger partial charge in [-0.2, -0.15) is 0 Å². The molecular weight excluding hydrogens is 430 g/mol. The minimum Gasteiger partial charge on any atom is -0.391 e. The van der Waals surface area contributed by atoms with Crippen molar-refractivity contribution in [2.45, 2.75) is 78.4 Å². The van der Waals surface area contributed by atoms with Gasteiger partial charge in [0, 0.05) is 50.2 Å². The maximum atomic E-state index is 13.4. The van der Waals surface area contributed by atoms with Gasteiger partial charge in [-0.25, -0.2) is 0 Å². The van der Waals surface area contributed by atoms with Gasteiger partial charge in [0.2, 0.25) is 11.8 Å². The van der Waals surface area contributed by atoms with Crippen LogP contribution in [0, 0.1) is 17.3 Å². The summed E-state index contributed by atoms with van der Waals surface area (Å²) in [5, 5.41) is 13.6. The minimum absolute atomic E-state index is 0.0523. The van der Waals surface area contributed by atoms with Gasteiger partial charge in [0.1, 0.15) is 0 Å². The van der Waals surface area contributed by atoms with Crippen LogP contribution >= 0.6 is 0 Å².